The fraction of sp³-hybridized carbons (Fsp3) is 0.818. The molecule has 0 aromatic carbocycles. The van der Waals surface area contributed by atoms with Crippen molar-refractivity contribution >= 4 is 33.5 Å². The lowest BCUT2D eigenvalue weighted by Gasteiger charge is -2.27. The molecule has 0 bridgehead atoms. The fourth-order valence-electron chi connectivity index (χ4n) is 4.06. The Bertz CT molecular complexity index is 601. The predicted octanol–water partition coefficient (Wildman–Crippen LogP) is 3.14. The van der Waals surface area contributed by atoms with Crippen molar-refractivity contribution in [1.82, 2.24) is 0 Å². The molecule has 0 amide bonds. The van der Waals surface area contributed by atoms with Gasteiger partial charge in [-0.25, -0.2) is 0 Å². The zero-order valence-corrected chi connectivity index (χ0v) is 19.5. The van der Waals surface area contributed by atoms with Crippen LogP contribution in [0.3, 0.4) is 0 Å². The van der Waals surface area contributed by atoms with Gasteiger partial charge in [0.25, 0.3) is 0 Å². The molecule has 30 heavy (non-hydrogen) atoms. The number of rotatable bonds is 14. The van der Waals surface area contributed by atoms with Crippen LogP contribution in [0.5, 0.6) is 0 Å². The fourth-order valence-corrected chi connectivity index (χ4v) is 6.56. The van der Waals surface area contributed by atoms with E-state index in [1.807, 2.05) is 6.08 Å². The average Bonchev–Trinajstić information content (AvgIpc) is 2.73. The van der Waals surface area contributed by atoms with Crippen molar-refractivity contribution in [2.45, 2.75) is 57.8 Å². The molecule has 0 aromatic rings. The van der Waals surface area contributed by atoms with Crippen LogP contribution in [0.1, 0.15) is 57.8 Å². The lowest BCUT2D eigenvalue weighted by atomic mass is 9.85. The van der Waals surface area contributed by atoms with Crippen LogP contribution in [0.15, 0.2) is 12.7 Å². The summed E-state index contributed by atoms with van der Waals surface area (Å²) < 4.78 is 34.6. The van der Waals surface area contributed by atoms with Gasteiger partial charge in [-0.2, -0.15) is 0 Å². The molecule has 2 fully saturated rings. The number of cyclic esters (lactones) is 2. The highest BCUT2D eigenvalue weighted by molar-refractivity contribution is 7.85. The number of hydrogen-bond acceptors (Lipinski definition) is 6. The van der Waals surface area contributed by atoms with Gasteiger partial charge in [0.2, 0.25) is 0 Å². The van der Waals surface area contributed by atoms with Crippen LogP contribution in [-0.2, 0) is 40.7 Å². The summed E-state index contributed by atoms with van der Waals surface area (Å²) in [6.07, 6.45) is 8.99. The zero-order valence-electron chi connectivity index (χ0n) is 17.9. The highest BCUT2D eigenvalue weighted by atomic mass is 32.2. The van der Waals surface area contributed by atoms with E-state index in [1.165, 1.54) is 0 Å². The molecule has 0 radical (unpaired) electrons. The van der Waals surface area contributed by atoms with E-state index >= 15 is 0 Å². The second-order valence-electron chi connectivity index (χ2n) is 8.30. The lowest BCUT2D eigenvalue weighted by molar-refractivity contribution is -0.150. The molecule has 0 saturated carbocycles. The third kappa shape index (κ3) is 9.86. The zero-order chi connectivity index (χ0) is 21.8. The summed E-state index contributed by atoms with van der Waals surface area (Å²) in [6, 6.07) is 0. The van der Waals surface area contributed by atoms with Crippen molar-refractivity contribution in [2.24, 2.45) is 17.8 Å². The van der Waals surface area contributed by atoms with E-state index in [0.29, 0.717) is 66.8 Å². The van der Waals surface area contributed by atoms with Gasteiger partial charge >= 0.3 is 11.9 Å². The van der Waals surface area contributed by atoms with Crippen molar-refractivity contribution in [1.29, 1.82) is 0 Å². The van der Waals surface area contributed by atoms with Gasteiger partial charge in [0.05, 0.1) is 13.2 Å². The first-order valence-electron chi connectivity index (χ1n) is 11.1. The van der Waals surface area contributed by atoms with Crippen LogP contribution in [-0.4, -0.2) is 56.6 Å². The average molecular weight is 461 g/mol. The first-order valence-corrected chi connectivity index (χ1v) is 14.1. The number of ether oxygens (including phenoxy) is 2. The summed E-state index contributed by atoms with van der Waals surface area (Å²) in [5.74, 6) is 3.35. The van der Waals surface area contributed by atoms with Crippen molar-refractivity contribution in [3.8, 4) is 0 Å². The molecule has 2 heterocycles. The summed E-state index contributed by atoms with van der Waals surface area (Å²) in [7, 11) is -1.75. The second-order valence-corrected chi connectivity index (χ2v) is 11.7. The van der Waals surface area contributed by atoms with Crippen LogP contribution in [0.2, 0.25) is 0 Å². The van der Waals surface area contributed by atoms with Crippen LogP contribution in [0.4, 0.5) is 0 Å². The minimum absolute atomic E-state index is 0.109. The topological polar surface area (TPSA) is 86.7 Å². The first kappa shape index (κ1) is 25.2. The molecule has 5 unspecified atom stereocenters. The number of carbonyl (C=O) groups is 2. The standard InChI is InChI=1S/C22H36O6S2/c1-2-19(20-9-11-22(24)28-17-20)7-4-13-30(26)15-5-14-29(25)12-3-6-18-8-10-21(23)27-16-18/h2,18-20H,1,3-17H2. The summed E-state index contributed by atoms with van der Waals surface area (Å²) in [5.41, 5.74) is 0. The maximum atomic E-state index is 12.2. The molecular weight excluding hydrogens is 424 g/mol. The summed E-state index contributed by atoms with van der Waals surface area (Å²) in [5, 5.41) is 0. The Morgan fingerprint density at radius 1 is 0.900 bits per heavy atom. The van der Waals surface area contributed by atoms with Gasteiger partial charge in [-0.05, 0) is 62.7 Å². The Balaban J connectivity index is 1.49. The van der Waals surface area contributed by atoms with Gasteiger partial charge in [0.15, 0.2) is 0 Å². The second kappa shape index (κ2) is 14.1. The normalized spacial score (nSPS) is 25.1. The number of carbonyl (C=O) groups excluding carboxylic acids is 2. The molecule has 5 atom stereocenters. The van der Waals surface area contributed by atoms with E-state index < -0.39 is 21.6 Å². The third-order valence-corrected chi connectivity index (χ3v) is 8.94. The molecule has 2 aliphatic rings. The van der Waals surface area contributed by atoms with Crippen LogP contribution in [0, 0.1) is 17.8 Å². The summed E-state index contributed by atoms with van der Waals surface area (Å²) >= 11 is 0. The van der Waals surface area contributed by atoms with Crippen LogP contribution >= 0.6 is 0 Å². The molecule has 6 nitrogen and oxygen atoms in total. The monoisotopic (exact) mass is 460 g/mol. The Labute approximate surface area is 185 Å². The molecule has 2 saturated heterocycles. The molecule has 172 valence electrons. The number of allylic oxidation sites excluding steroid dienone is 1. The van der Waals surface area contributed by atoms with Gasteiger partial charge in [0, 0.05) is 57.5 Å². The van der Waals surface area contributed by atoms with E-state index in [2.05, 4.69) is 6.58 Å². The Kier molecular flexibility index (Phi) is 11.9. The molecule has 0 aliphatic carbocycles. The molecule has 2 rings (SSSR count). The van der Waals surface area contributed by atoms with Gasteiger partial charge in [-0.15, -0.1) is 6.58 Å². The summed E-state index contributed by atoms with van der Waals surface area (Å²) in [4.78, 5) is 22.2. The molecule has 0 aromatic heterocycles. The molecule has 2 aliphatic heterocycles. The van der Waals surface area contributed by atoms with Gasteiger partial charge in [-0.3, -0.25) is 18.0 Å². The van der Waals surface area contributed by atoms with Crippen molar-refractivity contribution < 1.29 is 27.5 Å². The Morgan fingerprint density at radius 2 is 1.50 bits per heavy atom. The van der Waals surface area contributed by atoms with Gasteiger partial charge < -0.3 is 9.47 Å². The van der Waals surface area contributed by atoms with Gasteiger partial charge in [-0.1, -0.05) is 6.08 Å². The van der Waals surface area contributed by atoms with E-state index in [9.17, 15) is 18.0 Å². The van der Waals surface area contributed by atoms with Crippen LogP contribution < -0.4 is 0 Å². The van der Waals surface area contributed by atoms with E-state index in [0.717, 1.165) is 44.9 Å². The highest BCUT2D eigenvalue weighted by Gasteiger charge is 2.25. The minimum atomic E-state index is -0.881. The largest absolute Gasteiger partial charge is 0.465 e. The number of hydrogen-bond donors (Lipinski definition) is 0. The van der Waals surface area contributed by atoms with E-state index in [1.54, 1.807) is 0 Å². The Hall–Kier alpha value is -1.02. The molecule has 0 N–H and O–H groups in total. The number of esters is 2. The minimum Gasteiger partial charge on any atom is -0.465 e. The molecular formula is C22H36O6S2. The van der Waals surface area contributed by atoms with E-state index in [4.69, 9.17) is 9.47 Å². The van der Waals surface area contributed by atoms with Crippen molar-refractivity contribution in [3.63, 3.8) is 0 Å². The van der Waals surface area contributed by atoms with Crippen molar-refractivity contribution in [3.05, 3.63) is 12.7 Å². The van der Waals surface area contributed by atoms with Crippen molar-refractivity contribution in [2.75, 3.05) is 36.2 Å². The van der Waals surface area contributed by atoms with Crippen LogP contribution in [0.25, 0.3) is 0 Å². The SMILES string of the molecule is C=CC(CCCS(=O)CCCS(=O)CCCC1CCC(=O)OC1)C1CCC(=O)OC1. The molecule has 8 heteroatoms. The van der Waals surface area contributed by atoms with E-state index in [-0.39, 0.29) is 11.9 Å². The maximum absolute atomic E-state index is 12.2. The first-order chi connectivity index (χ1) is 14.5. The lowest BCUT2D eigenvalue weighted by Crippen LogP contribution is -2.27. The summed E-state index contributed by atoms with van der Waals surface area (Å²) in [6.45, 7) is 4.88. The quantitative estimate of drug-likeness (QED) is 0.292. The Morgan fingerprint density at radius 3 is 2.07 bits per heavy atom. The molecule has 0 spiro atoms. The maximum Gasteiger partial charge on any atom is 0.305 e. The predicted molar refractivity (Wildman–Crippen MR) is 120 cm³/mol. The highest BCUT2D eigenvalue weighted by Crippen LogP contribution is 2.27. The van der Waals surface area contributed by atoms with Gasteiger partial charge in [0.1, 0.15) is 0 Å². The third-order valence-electron chi connectivity index (χ3n) is 5.96. The smallest absolute Gasteiger partial charge is 0.305 e.